The van der Waals surface area contributed by atoms with Crippen molar-refractivity contribution in [3.63, 3.8) is 0 Å². The van der Waals surface area contributed by atoms with Crippen LogP contribution in [0, 0.1) is 12.8 Å². The van der Waals surface area contributed by atoms with Gasteiger partial charge >= 0.3 is 0 Å². The van der Waals surface area contributed by atoms with Crippen LogP contribution in [0.5, 0.6) is 0 Å². The number of aryl methyl sites for hydroxylation is 1. The monoisotopic (exact) mass is 327 g/mol. The van der Waals surface area contributed by atoms with Crippen molar-refractivity contribution in [3.8, 4) is 0 Å². The average molecular weight is 328 g/mol. The minimum Gasteiger partial charge on any atom is -0.409 e. The van der Waals surface area contributed by atoms with E-state index in [0.717, 1.165) is 10.0 Å². The van der Waals surface area contributed by atoms with E-state index in [2.05, 4.69) is 21.1 Å². The summed E-state index contributed by atoms with van der Waals surface area (Å²) in [6.45, 7) is 4.08. The summed E-state index contributed by atoms with van der Waals surface area (Å²) in [7, 11) is 1.70. The third-order valence-electron chi connectivity index (χ3n) is 2.93. The first kappa shape index (κ1) is 15.5. The van der Waals surface area contributed by atoms with E-state index in [1.165, 1.54) is 0 Å². The first-order chi connectivity index (χ1) is 8.86. The van der Waals surface area contributed by atoms with Crippen LogP contribution in [-0.2, 0) is 0 Å². The second-order valence-electron chi connectivity index (χ2n) is 4.57. The number of carbonyl (C=O) groups is 1. The van der Waals surface area contributed by atoms with Gasteiger partial charge in [0.15, 0.2) is 0 Å². The van der Waals surface area contributed by atoms with Gasteiger partial charge in [0.1, 0.15) is 5.84 Å². The predicted molar refractivity (Wildman–Crippen MR) is 78.4 cm³/mol. The minimum absolute atomic E-state index is 0.0809. The van der Waals surface area contributed by atoms with Crippen molar-refractivity contribution in [2.75, 3.05) is 13.6 Å². The highest BCUT2D eigenvalue weighted by Crippen LogP contribution is 2.17. The molecule has 0 heterocycles. The summed E-state index contributed by atoms with van der Waals surface area (Å²) in [6, 6.07) is 5.52. The van der Waals surface area contributed by atoms with Gasteiger partial charge in [-0.3, -0.25) is 4.79 Å². The van der Waals surface area contributed by atoms with Gasteiger partial charge in [-0.15, -0.1) is 0 Å². The molecule has 1 rings (SSSR count). The van der Waals surface area contributed by atoms with Gasteiger partial charge in [-0.25, -0.2) is 0 Å². The number of oxime groups is 1. The molecule has 1 aromatic carbocycles. The molecule has 0 radical (unpaired) electrons. The van der Waals surface area contributed by atoms with Crippen LogP contribution in [0.25, 0.3) is 0 Å². The summed E-state index contributed by atoms with van der Waals surface area (Å²) < 4.78 is 0.939. The number of rotatable bonds is 4. The van der Waals surface area contributed by atoms with Crippen molar-refractivity contribution >= 4 is 27.7 Å². The maximum Gasteiger partial charge on any atom is 0.253 e. The standard InChI is InChI=1S/C13H18BrN3O2/c1-8-6-10(14)4-5-11(8)13(18)17(3)7-9(2)12(15)16-19/h4-6,9,19H,7H2,1-3H3,(H2,15,16). The Hall–Kier alpha value is -1.56. The zero-order chi connectivity index (χ0) is 14.6. The van der Waals surface area contributed by atoms with E-state index in [-0.39, 0.29) is 17.7 Å². The van der Waals surface area contributed by atoms with Crippen LogP contribution in [0.1, 0.15) is 22.8 Å². The first-order valence-corrected chi connectivity index (χ1v) is 6.65. The molecule has 104 valence electrons. The molecule has 19 heavy (non-hydrogen) atoms. The van der Waals surface area contributed by atoms with Crippen LogP contribution in [-0.4, -0.2) is 35.4 Å². The molecule has 0 aliphatic heterocycles. The molecule has 0 fully saturated rings. The van der Waals surface area contributed by atoms with E-state index in [0.29, 0.717) is 12.1 Å². The molecule has 0 bridgehead atoms. The van der Waals surface area contributed by atoms with Crippen molar-refractivity contribution in [3.05, 3.63) is 33.8 Å². The lowest BCUT2D eigenvalue weighted by Crippen LogP contribution is -2.36. The number of nitrogens with zero attached hydrogens (tertiary/aromatic N) is 2. The van der Waals surface area contributed by atoms with Crippen LogP contribution >= 0.6 is 15.9 Å². The lowest BCUT2D eigenvalue weighted by atomic mass is 10.1. The quantitative estimate of drug-likeness (QED) is 0.385. The summed E-state index contributed by atoms with van der Waals surface area (Å²) >= 11 is 3.37. The Morgan fingerprint density at radius 1 is 1.58 bits per heavy atom. The molecule has 1 atom stereocenters. The van der Waals surface area contributed by atoms with Crippen molar-refractivity contribution in [2.24, 2.45) is 16.8 Å². The van der Waals surface area contributed by atoms with E-state index in [1.807, 2.05) is 19.1 Å². The van der Waals surface area contributed by atoms with E-state index in [4.69, 9.17) is 10.9 Å². The zero-order valence-corrected chi connectivity index (χ0v) is 12.8. The SMILES string of the molecule is Cc1cc(Br)ccc1C(=O)N(C)CC(C)C(N)=NO. The molecule has 0 aliphatic carbocycles. The minimum atomic E-state index is -0.199. The molecule has 0 saturated carbocycles. The molecular formula is C13H18BrN3O2. The van der Waals surface area contributed by atoms with E-state index in [9.17, 15) is 4.79 Å². The Kier molecular flexibility index (Phi) is 5.35. The summed E-state index contributed by atoms with van der Waals surface area (Å²) in [4.78, 5) is 13.9. The molecule has 1 aromatic rings. The highest BCUT2D eigenvalue weighted by Gasteiger charge is 2.18. The van der Waals surface area contributed by atoms with Gasteiger partial charge in [0.2, 0.25) is 0 Å². The lowest BCUT2D eigenvalue weighted by Gasteiger charge is -2.21. The first-order valence-electron chi connectivity index (χ1n) is 5.85. The van der Waals surface area contributed by atoms with Crippen LogP contribution < -0.4 is 5.73 Å². The van der Waals surface area contributed by atoms with Crippen molar-refractivity contribution in [2.45, 2.75) is 13.8 Å². The van der Waals surface area contributed by atoms with Gasteiger partial charge in [-0.1, -0.05) is 28.0 Å². The summed E-state index contributed by atoms with van der Waals surface area (Å²) in [5, 5.41) is 11.6. The van der Waals surface area contributed by atoms with E-state index < -0.39 is 0 Å². The lowest BCUT2D eigenvalue weighted by molar-refractivity contribution is 0.0785. The van der Waals surface area contributed by atoms with Gasteiger partial charge in [0.25, 0.3) is 5.91 Å². The van der Waals surface area contributed by atoms with Crippen molar-refractivity contribution < 1.29 is 10.0 Å². The molecule has 1 unspecified atom stereocenters. The van der Waals surface area contributed by atoms with Crippen LogP contribution in [0.2, 0.25) is 0 Å². The number of halogens is 1. The fourth-order valence-corrected chi connectivity index (χ4v) is 2.23. The Bertz CT molecular complexity index is 503. The Labute approximate surface area is 121 Å². The topological polar surface area (TPSA) is 78.9 Å². The van der Waals surface area contributed by atoms with Gasteiger partial charge in [0.05, 0.1) is 0 Å². The molecule has 5 nitrogen and oxygen atoms in total. The smallest absolute Gasteiger partial charge is 0.253 e. The molecule has 1 amide bonds. The number of benzene rings is 1. The molecule has 3 N–H and O–H groups in total. The Morgan fingerprint density at radius 3 is 2.74 bits per heavy atom. The number of carbonyl (C=O) groups excluding carboxylic acids is 1. The largest absolute Gasteiger partial charge is 0.409 e. The molecular weight excluding hydrogens is 310 g/mol. The van der Waals surface area contributed by atoms with Crippen LogP contribution in [0.3, 0.4) is 0 Å². The fourth-order valence-electron chi connectivity index (χ4n) is 1.76. The van der Waals surface area contributed by atoms with Gasteiger partial charge in [-0.05, 0) is 30.7 Å². The molecule has 0 saturated heterocycles. The normalized spacial score (nSPS) is 13.2. The van der Waals surface area contributed by atoms with Gasteiger partial charge < -0.3 is 15.8 Å². The molecule has 0 aliphatic rings. The number of hydrogen-bond acceptors (Lipinski definition) is 3. The summed E-state index contributed by atoms with van der Waals surface area (Å²) in [5.74, 6) is -0.163. The predicted octanol–water partition coefficient (Wildman–Crippen LogP) is 2.21. The van der Waals surface area contributed by atoms with Gasteiger partial charge in [-0.2, -0.15) is 0 Å². The fraction of sp³-hybridized carbons (Fsp3) is 0.385. The van der Waals surface area contributed by atoms with Crippen LogP contribution in [0.4, 0.5) is 0 Å². The highest BCUT2D eigenvalue weighted by atomic mass is 79.9. The van der Waals surface area contributed by atoms with Crippen molar-refractivity contribution in [1.82, 2.24) is 4.90 Å². The second kappa shape index (κ2) is 6.56. The zero-order valence-electron chi connectivity index (χ0n) is 11.2. The third kappa shape index (κ3) is 3.96. The number of amides is 1. The maximum atomic E-state index is 12.3. The van der Waals surface area contributed by atoms with E-state index in [1.54, 1.807) is 24.9 Å². The second-order valence-corrected chi connectivity index (χ2v) is 5.49. The average Bonchev–Trinajstić information content (AvgIpc) is 2.36. The molecule has 0 spiro atoms. The summed E-state index contributed by atoms with van der Waals surface area (Å²) in [5.41, 5.74) is 7.06. The summed E-state index contributed by atoms with van der Waals surface area (Å²) in [6.07, 6.45) is 0. The van der Waals surface area contributed by atoms with Crippen molar-refractivity contribution in [1.29, 1.82) is 0 Å². The Morgan fingerprint density at radius 2 is 2.21 bits per heavy atom. The van der Waals surface area contributed by atoms with Crippen LogP contribution in [0.15, 0.2) is 27.8 Å². The molecule has 6 heteroatoms. The number of amidine groups is 1. The molecule has 0 aromatic heterocycles. The van der Waals surface area contributed by atoms with Gasteiger partial charge in [0, 0.05) is 29.5 Å². The third-order valence-corrected chi connectivity index (χ3v) is 3.43. The highest BCUT2D eigenvalue weighted by molar-refractivity contribution is 9.10. The number of hydrogen-bond donors (Lipinski definition) is 2. The maximum absolute atomic E-state index is 12.3. The number of nitrogens with two attached hydrogens (primary N) is 1. The van der Waals surface area contributed by atoms with E-state index >= 15 is 0 Å². The Balaban J connectivity index is 2.82.